The van der Waals surface area contributed by atoms with E-state index in [4.69, 9.17) is 4.74 Å². The number of halogens is 3. The van der Waals surface area contributed by atoms with Crippen LogP contribution in [-0.4, -0.2) is 49.5 Å². The number of morpholine rings is 1. The van der Waals surface area contributed by atoms with Gasteiger partial charge in [0.1, 0.15) is 5.75 Å². The van der Waals surface area contributed by atoms with Gasteiger partial charge in [-0.15, -0.1) is 13.2 Å². The number of nitrogens with one attached hydrogen (secondary N) is 1. The van der Waals surface area contributed by atoms with E-state index in [2.05, 4.69) is 27.1 Å². The third kappa shape index (κ3) is 6.24. The van der Waals surface area contributed by atoms with Crippen LogP contribution in [-0.2, 0) is 11.3 Å². The summed E-state index contributed by atoms with van der Waals surface area (Å²) in [7, 11) is 0. The summed E-state index contributed by atoms with van der Waals surface area (Å²) in [5.74, 6) is -0.737. The molecule has 1 unspecified atom stereocenters. The first kappa shape index (κ1) is 20.2. The van der Waals surface area contributed by atoms with Gasteiger partial charge in [-0.1, -0.05) is 30.3 Å². The highest BCUT2D eigenvalue weighted by Gasteiger charge is 2.31. The zero-order chi connectivity index (χ0) is 20.0. The van der Waals surface area contributed by atoms with Crippen molar-refractivity contribution in [3.8, 4) is 5.75 Å². The number of hydrogen-bond donors (Lipinski definition) is 1. The molecule has 3 rings (SSSR count). The van der Waals surface area contributed by atoms with Crippen LogP contribution in [0.1, 0.15) is 15.9 Å². The second-order valence-corrected chi connectivity index (χ2v) is 6.50. The molecule has 1 N–H and O–H groups in total. The molecule has 150 valence electrons. The van der Waals surface area contributed by atoms with Crippen molar-refractivity contribution >= 4 is 5.91 Å². The minimum atomic E-state index is -4.76. The molecule has 0 spiro atoms. The predicted molar refractivity (Wildman–Crippen MR) is 96.9 cm³/mol. The van der Waals surface area contributed by atoms with E-state index in [0.29, 0.717) is 19.7 Å². The highest BCUT2D eigenvalue weighted by molar-refractivity contribution is 5.94. The van der Waals surface area contributed by atoms with Crippen LogP contribution >= 0.6 is 0 Å². The molecule has 1 aliphatic rings. The highest BCUT2D eigenvalue weighted by atomic mass is 19.4. The number of carbonyl (C=O) groups excluding carboxylic acids is 1. The maximum absolute atomic E-state index is 12.2. The standard InChI is InChI=1S/C20H21F3N2O3/c21-20(22,23)28-17-8-6-16(7-9-17)19(26)24-12-18-14-25(10-11-27-18)13-15-4-2-1-3-5-15/h1-9,18H,10-14H2,(H,24,26). The van der Waals surface area contributed by atoms with Gasteiger partial charge < -0.3 is 14.8 Å². The Morgan fingerprint density at radius 1 is 1.14 bits per heavy atom. The first-order valence-electron chi connectivity index (χ1n) is 8.91. The SMILES string of the molecule is O=C(NCC1CN(Cc2ccccc2)CCO1)c1ccc(OC(F)(F)F)cc1. The molecule has 0 aromatic heterocycles. The summed E-state index contributed by atoms with van der Waals surface area (Å²) in [6.45, 7) is 3.23. The molecule has 0 saturated carbocycles. The van der Waals surface area contributed by atoms with E-state index in [0.717, 1.165) is 25.2 Å². The molecule has 5 nitrogen and oxygen atoms in total. The Morgan fingerprint density at radius 3 is 2.54 bits per heavy atom. The number of ether oxygens (including phenoxy) is 2. The highest BCUT2D eigenvalue weighted by Crippen LogP contribution is 2.22. The lowest BCUT2D eigenvalue weighted by atomic mass is 10.1. The van der Waals surface area contributed by atoms with Gasteiger partial charge in [0, 0.05) is 31.7 Å². The number of alkyl halides is 3. The van der Waals surface area contributed by atoms with Gasteiger partial charge in [0.25, 0.3) is 5.91 Å². The van der Waals surface area contributed by atoms with Gasteiger partial charge in [-0.2, -0.15) is 0 Å². The van der Waals surface area contributed by atoms with E-state index >= 15 is 0 Å². The van der Waals surface area contributed by atoms with Crippen molar-refractivity contribution in [3.05, 3.63) is 65.7 Å². The Morgan fingerprint density at radius 2 is 1.86 bits per heavy atom. The van der Waals surface area contributed by atoms with Crippen molar-refractivity contribution in [3.63, 3.8) is 0 Å². The lowest BCUT2D eigenvalue weighted by molar-refractivity contribution is -0.274. The molecule has 1 atom stereocenters. The Hall–Kier alpha value is -2.58. The summed E-state index contributed by atoms with van der Waals surface area (Å²) in [6, 6.07) is 14.9. The summed E-state index contributed by atoms with van der Waals surface area (Å²) in [6.07, 6.45) is -4.90. The molecule has 1 saturated heterocycles. The fourth-order valence-corrected chi connectivity index (χ4v) is 3.01. The molecule has 1 amide bonds. The van der Waals surface area contributed by atoms with E-state index < -0.39 is 6.36 Å². The first-order chi connectivity index (χ1) is 13.4. The third-order valence-electron chi connectivity index (χ3n) is 4.31. The second-order valence-electron chi connectivity index (χ2n) is 6.50. The molecule has 0 aliphatic carbocycles. The number of carbonyl (C=O) groups is 1. The van der Waals surface area contributed by atoms with Crippen LogP contribution in [0.25, 0.3) is 0 Å². The van der Waals surface area contributed by atoms with Crippen molar-refractivity contribution in [2.24, 2.45) is 0 Å². The molecule has 2 aromatic rings. The van der Waals surface area contributed by atoms with Crippen LogP contribution in [0.2, 0.25) is 0 Å². The molecule has 1 fully saturated rings. The lowest BCUT2D eigenvalue weighted by Crippen LogP contribution is -2.47. The number of hydrogen-bond acceptors (Lipinski definition) is 4. The van der Waals surface area contributed by atoms with Crippen molar-refractivity contribution in [2.45, 2.75) is 19.0 Å². The quantitative estimate of drug-likeness (QED) is 0.818. The minimum absolute atomic E-state index is 0.144. The normalized spacial score (nSPS) is 17.9. The second kappa shape index (κ2) is 9.07. The van der Waals surface area contributed by atoms with E-state index in [1.54, 1.807) is 0 Å². The Bertz CT molecular complexity index is 767. The molecule has 0 bridgehead atoms. The van der Waals surface area contributed by atoms with Gasteiger partial charge in [-0.05, 0) is 29.8 Å². The molecule has 2 aromatic carbocycles. The van der Waals surface area contributed by atoms with Crippen LogP contribution in [0.15, 0.2) is 54.6 Å². The zero-order valence-electron chi connectivity index (χ0n) is 15.1. The Balaban J connectivity index is 1.47. The van der Waals surface area contributed by atoms with E-state index in [1.807, 2.05) is 18.2 Å². The van der Waals surface area contributed by atoms with E-state index in [-0.39, 0.29) is 23.3 Å². The molecular formula is C20H21F3N2O3. The Labute approximate surface area is 161 Å². The van der Waals surface area contributed by atoms with Gasteiger partial charge >= 0.3 is 6.36 Å². The molecule has 8 heteroatoms. The number of benzene rings is 2. The van der Waals surface area contributed by atoms with Gasteiger partial charge in [-0.25, -0.2) is 0 Å². The zero-order valence-corrected chi connectivity index (χ0v) is 15.1. The third-order valence-corrected chi connectivity index (χ3v) is 4.31. The van der Waals surface area contributed by atoms with Crippen LogP contribution in [0.5, 0.6) is 5.75 Å². The van der Waals surface area contributed by atoms with Gasteiger partial charge in [0.05, 0.1) is 12.7 Å². The molecular weight excluding hydrogens is 373 g/mol. The summed E-state index contributed by atoms with van der Waals surface area (Å²) < 4.78 is 46.0. The Kier molecular flexibility index (Phi) is 6.53. The summed E-state index contributed by atoms with van der Waals surface area (Å²) in [5.41, 5.74) is 1.47. The summed E-state index contributed by atoms with van der Waals surface area (Å²) in [5, 5.41) is 2.77. The van der Waals surface area contributed by atoms with Gasteiger partial charge in [0.15, 0.2) is 0 Å². The molecule has 1 aliphatic heterocycles. The average molecular weight is 394 g/mol. The van der Waals surface area contributed by atoms with Crippen molar-refractivity contribution < 1.29 is 27.4 Å². The maximum atomic E-state index is 12.2. The number of amides is 1. The van der Waals surface area contributed by atoms with Crippen LogP contribution < -0.4 is 10.1 Å². The number of rotatable bonds is 6. The van der Waals surface area contributed by atoms with E-state index in [1.165, 1.54) is 17.7 Å². The predicted octanol–water partition coefficient (Wildman–Crippen LogP) is 3.22. The minimum Gasteiger partial charge on any atom is -0.406 e. The molecule has 0 radical (unpaired) electrons. The largest absolute Gasteiger partial charge is 0.573 e. The van der Waals surface area contributed by atoms with Crippen molar-refractivity contribution in [1.82, 2.24) is 10.2 Å². The average Bonchev–Trinajstić information content (AvgIpc) is 2.66. The lowest BCUT2D eigenvalue weighted by Gasteiger charge is -2.33. The van der Waals surface area contributed by atoms with Crippen LogP contribution in [0.4, 0.5) is 13.2 Å². The summed E-state index contributed by atoms with van der Waals surface area (Å²) in [4.78, 5) is 14.5. The van der Waals surface area contributed by atoms with E-state index in [9.17, 15) is 18.0 Å². The van der Waals surface area contributed by atoms with Gasteiger partial charge in [0.2, 0.25) is 0 Å². The smallest absolute Gasteiger partial charge is 0.406 e. The fraction of sp³-hybridized carbons (Fsp3) is 0.350. The topological polar surface area (TPSA) is 50.8 Å². The molecule has 1 heterocycles. The fourth-order valence-electron chi connectivity index (χ4n) is 3.01. The van der Waals surface area contributed by atoms with Crippen molar-refractivity contribution in [2.75, 3.05) is 26.2 Å². The monoisotopic (exact) mass is 394 g/mol. The molecule has 28 heavy (non-hydrogen) atoms. The maximum Gasteiger partial charge on any atom is 0.573 e. The van der Waals surface area contributed by atoms with Crippen LogP contribution in [0, 0.1) is 0 Å². The summed E-state index contributed by atoms with van der Waals surface area (Å²) >= 11 is 0. The van der Waals surface area contributed by atoms with Crippen molar-refractivity contribution in [1.29, 1.82) is 0 Å². The first-order valence-corrected chi connectivity index (χ1v) is 8.91. The number of nitrogens with zero attached hydrogens (tertiary/aromatic N) is 1. The van der Waals surface area contributed by atoms with Crippen LogP contribution in [0.3, 0.4) is 0 Å². The van der Waals surface area contributed by atoms with Gasteiger partial charge in [-0.3, -0.25) is 9.69 Å².